The molecule has 0 radical (unpaired) electrons. The lowest BCUT2D eigenvalue weighted by Gasteiger charge is -2.17. The zero-order valence-corrected chi connectivity index (χ0v) is 12.3. The predicted molar refractivity (Wildman–Crippen MR) is 75.4 cm³/mol. The zero-order chi connectivity index (χ0) is 14.3. The number of fused-ring (bicyclic) bond motifs is 1. The van der Waals surface area contributed by atoms with E-state index in [1.165, 1.54) is 11.2 Å². The van der Waals surface area contributed by atoms with Gasteiger partial charge in [-0.25, -0.2) is 9.67 Å². The third-order valence-electron chi connectivity index (χ3n) is 3.24. The lowest BCUT2D eigenvalue weighted by Crippen LogP contribution is -2.30. The Hall–Kier alpha value is -2.02. The van der Waals surface area contributed by atoms with Gasteiger partial charge >= 0.3 is 0 Å². The van der Waals surface area contributed by atoms with Crippen molar-refractivity contribution < 1.29 is 9.59 Å². The number of hydrogen-bond acceptors (Lipinski definition) is 4. The molecule has 0 atom stereocenters. The molecule has 0 saturated heterocycles. The van der Waals surface area contributed by atoms with Crippen LogP contribution in [0.4, 0.5) is 5.69 Å². The number of halogens is 1. The highest BCUT2D eigenvalue weighted by Gasteiger charge is 2.37. The number of carbonyl (C=O) groups is 2. The van der Waals surface area contributed by atoms with Crippen molar-refractivity contribution in [2.75, 3.05) is 4.90 Å². The standard InChI is InChI=1S/C13H11BrN4O2/c1-2-18-10(15-7-16-18)6-17-11-8(12(19)13(17)20)4-3-5-9(11)14/h3-5,7H,2,6H2,1H3. The summed E-state index contributed by atoms with van der Waals surface area (Å²) in [6.07, 6.45) is 1.45. The van der Waals surface area contributed by atoms with Crippen molar-refractivity contribution in [3.05, 3.63) is 40.4 Å². The van der Waals surface area contributed by atoms with Gasteiger partial charge in [0.25, 0.3) is 11.7 Å². The van der Waals surface area contributed by atoms with Crippen LogP contribution in [0.5, 0.6) is 0 Å². The molecular formula is C13H11BrN4O2. The quantitative estimate of drug-likeness (QED) is 0.802. The van der Waals surface area contributed by atoms with E-state index in [0.29, 0.717) is 23.6 Å². The van der Waals surface area contributed by atoms with Gasteiger partial charge in [0.05, 0.1) is 17.8 Å². The van der Waals surface area contributed by atoms with E-state index in [2.05, 4.69) is 26.0 Å². The Bertz CT molecular complexity index is 710. The molecule has 1 amide bonds. The number of aromatic nitrogens is 3. The van der Waals surface area contributed by atoms with Crippen LogP contribution >= 0.6 is 15.9 Å². The first kappa shape index (κ1) is 13.0. The molecule has 0 aliphatic carbocycles. The third kappa shape index (κ3) is 1.85. The lowest BCUT2D eigenvalue weighted by molar-refractivity contribution is -0.114. The fourth-order valence-electron chi connectivity index (χ4n) is 2.28. The SMILES string of the molecule is CCn1ncnc1CN1C(=O)C(=O)c2cccc(Br)c21. The first-order chi connectivity index (χ1) is 9.63. The van der Waals surface area contributed by atoms with Crippen LogP contribution in [-0.4, -0.2) is 26.5 Å². The topological polar surface area (TPSA) is 68.1 Å². The van der Waals surface area contributed by atoms with Crippen LogP contribution in [0.15, 0.2) is 29.0 Å². The van der Waals surface area contributed by atoms with Crippen molar-refractivity contribution in [2.45, 2.75) is 20.0 Å². The maximum atomic E-state index is 12.1. The second kappa shape index (κ2) is 4.82. The van der Waals surface area contributed by atoms with Gasteiger partial charge in [0.1, 0.15) is 12.2 Å². The van der Waals surface area contributed by atoms with Crippen molar-refractivity contribution in [2.24, 2.45) is 0 Å². The summed E-state index contributed by atoms with van der Waals surface area (Å²) in [5.74, 6) is -0.362. The summed E-state index contributed by atoms with van der Waals surface area (Å²) < 4.78 is 2.42. The molecule has 1 aromatic heterocycles. The average Bonchev–Trinajstić information content (AvgIpc) is 2.99. The van der Waals surface area contributed by atoms with E-state index < -0.39 is 11.7 Å². The first-order valence-corrected chi connectivity index (χ1v) is 6.94. The van der Waals surface area contributed by atoms with Crippen LogP contribution in [0.3, 0.4) is 0 Å². The Labute approximate surface area is 123 Å². The number of carbonyl (C=O) groups excluding carboxylic acids is 2. The number of anilines is 1. The number of aryl methyl sites for hydroxylation is 1. The summed E-state index contributed by atoms with van der Waals surface area (Å²) in [6, 6.07) is 5.21. The smallest absolute Gasteiger partial charge is 0.296 e. The molecule has 102 valence electrons. The van der Waals surface area contributed by atoms with Crippen molar-refractivity contribution >= 4 is 33.3 Å². The monoisotopic (exact) mass is 334 g/mol. The third-order valence-corrected chi connectivity index (χ3v) is 3.88. The molecule has 0 bridgehead atoms. The molecule has 6 nitrogen and oxygen atoms in total. The minimum Gasteiger partial charge on any atom is -0.296 e. The van der Waals surface area contributed by atoms with Crippen molar-refractivity contribution in [1.29, 1.82) is 0 Å². The van der Waals surface area contributed by atoms with Crippen LogP contribution in [0.25, 0.3) is 0 Å². The molecule has 0 N–H and O–H groups in total. The number of para-hydroxylation sites is 1. The van der Waals surface area contributed by atoms with Gasteiger partial charge in [-0.1, -0.05) is 6.07 Å². The number of nitrogens with zero attached hydrogens (tertiary/aromatic N) is 4. The lowest BCUT2D eigenvalue weighted by atomic mass is 10.1. The fourth-order valence-corrected chi connectivity index (χ4v) is 2.86. The Kier molecular flexibility index (Phi) is 3.13. The van der Waals surface area contributed by atoms with Gasteiger partial charge in [0, 0.05) is 11.0 Å². The summed E-state index contributed by atoms with van der Waals surface area (Å²) in [5, 5.41) is 4.07. The van der Waals surface area contributed by atoms with Crippen LogP contribution in [0.2, 0.25) is 0 Å². The number of hydrogen-bond donors (Lipinski definition) is 0. The second-order valence-electron chi connectivity index (χ2n) is 4.35. The van der Waals surface area contributed by atoms with E-state index in [0.717, 1.165) is 4.47 Å². The van der Waals surface area contributed by atoms with Gasteiger partial charge in [-0.15, -0.1) is 0 Å². The molecule has 0 fully saturated rings. The van der Waals surface area contributed by atoms with Crippen molar-refractivity contribution in [1.82, 2.24) is 14.8 Å². The van der Waals surface area contributed by atoms with Crippen molar-refractivity contribution in [3.8, 4) is 0 Å². The van der Waals surface area contributed by atoms with E-state index in [4.69, 9.17) is 0 Å². The predicted octanol–water partition coefficient (Wildman–Crippen LogP) is 1.79. The van der Waals surface area contributed by atoms with Gasteiger partial charge in [-0.2, -0.15) is 5.10 Å². The summed E-state index contributed by atoms with van der Waals surface area (Å²) in [6.45, 7) is 2.83. The highest BCUT2D eigenvalue weighted by molar-refractivity contribution is 9.10. The van der Waals surface area contributed by atoms with E-state index in [9.17, 15) is 9.59 Å². The van der Waals surface area contributed by atoms with E-state index in [1.54, 1.807) is 16.8 Å². The first-order valence-electron chi connectivity index (χ1n) is 6.15. The molecule has 2 heterocycles. The molecule has 2 aromatic rings. The summed E-state index contributed by atoms with van der Waals surface area (Å²) >= 11 is 3.39. The zero-order valence-electron chi connectivity index (χ0n) is 10.7. The second-order valence-corrected chi connectivity index (χ2v) is 5.20. The van der Waals surface area contributed by atoms with Crippen LogP contribution in [-0.2, 0) is 17.9 Å². The minimum absolute atomic E-state index is 0.230. The largest absolute Gasteiger partial charge is 0.299 e. The fraction of sp³-hybridized carbons (Fsp3) is 0.231. The molecule has 1 aliphatic rings. The number of amides is 1. The highest BCUT2D eigenvalue weighted by atomic mass is 79.9. The number of benzene rings is 1. The number of rotatable bonds is 3. The number of ketones is 1. The van der Waals surface area contributed by atoms with Crippen LogP contribution in [0, 0.1) is 0 Å². The van der Waals surface area contributed by atoms with Gasteiger partial charge in [-0.05, 0) is 35.0 Å². The van der Waals surface area contributed by atoms with Crippen molar-refractivity contribution in [3.63, 3.8) is 0 Å². The maximum absolute atomic E-state index is 12.1. The maximum Gasteiger partial charge on any atom is 0.299 e. The van der Waals surface area contributed by atoms with Crippen LogP contribution < -0.4 is 4.90 Å². The van der Waals surface area contributed by atoms with Gasteiger partial charge in [-0.3, -0.25) is 14.5 Å². The number of Topliss-reactive ketones (excluding diaryl/α,β-unsaturated/α-hetero) is 1. The Morgan fingerprint density at radius 3 is 2.85 bits per heavy atom. The van der Waals surface area contributed by atoms with E-state index >= 15 is 0 Å². The molecule has 20 heavy (non-hydrogen) atoms. The molecule has 7 heteroatoms. The van der Waals surface area contributed by atoms with Gasteiger partial charge in [0.2, 0.25) is 0 Å². The normalized spacial score (nSPS) is 14.0. The molecule has 1 aromatic carbocycles. The van der Waals surface area contributed by atoms with Gasteiger partial charge in [0.15, 0.2) is 0 Å². The highest BCUT2D eigenvalue weighted by Crippen LogP contribution is 2.36. The molecule has 3 rings (SSSR count). The minimum atomic E-state index is -0.530. The summed E-state index contributed by atoms with van der Waals surface area (Å²) in [4.78, 5) is 29.7. The molecule has 0 spiro atoms. The van der Waals surface area contributed by atoms with Gasteiger partial charge < -0.3 is 0 Å². The summed E-state index contributed by atoms with van der Waals surface area (Å²) in [7, 11) is 0. The average molecular weight is 335 g/mol. The summed E-state index contributed by atoms with van der Waals surface area (Å²) in [5.41, 5.74) is 1.03. The molecular weight excluding hydrogens is 324 g/mol. The van der Waals surface area contributed by atoms with E-state index in [1.807, 2.05) is 13.0 Å². The Morgan fingerprint density at radius 1 is 1.30 bits per heavy atom. The molecule has 0 saturated carbocycles. The Morgan fingerprint density at radius 2 is 2.10 bits per heavy atom. The Balaban J connectivity index is 2.03. The van der Waals surface area contributed by atoms with Crippen LogP contribution in [0.1, 0.15) is 23.1 Å². The molecule has 1 aliphatic heterocycles. The molecule has 0 unspecified atom stereocenters. The van der Waals surface area contributed by atoms with E-state index in [-0.39, 0.29) is 6.54 Å².